The zero-order valence-corrected chi connectivity index (χ0v) is 11.3. The molecule has 0 aliphatic heterocycles. The SMILES string of the molecule is CN(Cc1cccc(F)c1)Cc1ccnc(C(=N)N)c1. The van der Waals surface area contributed by atoms with Crippen molar-refractivity contribution >= 4 is 5.84 Å². The van der Waals surface area contributed by atoms with Crippen LogP contribution in [0.1, 0.15) is 16.8 Å². The smallest absolute Gasteiger partial charge is 0.141 e. The van der Waals surface area contributed by atoms with E-state index in [4.69, 9.17) is 11.1 Å². The Hall–Kier alpha value is -2.27. The minimum absolute atomic E-state index is 0.0420. The fourth-order valence-electron chi connectivity index (χ4n) is 2.03. The van der Waals surface area contributed by atoms with Gasteiger partial charge in [0, 0.05) is 19.3 Å². The highest BCUT2D eigenvalue weighted by Crippen LogP contribution is 2.10. The van der Waals surface area contributed by atoms with Crippen molar-refractivity contribution in [2.45, 2.75) is 13.1 Å². The highest BCUT2D eigenvalue weighted by atomic mass is 19.1. The average molecular weight is 272 g/mol. The Morgan fingerprint density at radius 2 is 1.95 bits per heavy atom. The Morgan fingerprint density at radius 3 is 2.60 bits per heavy atom. The first kappa shape index (κ1) is 14.1. The molecule has 20 heavy (non-hydrogen) atoms. The molecule has 3 N–H and O–H groups in total. The normalized spacial score (nSPS) is 10.8. The average Bonchev–Trinajstić information content (AvgIpc) is 2.38. The maximum atomic E-state index is 13.1. The van der Waals surface area contributed by atoms with Crippen LogP contribution in [0.25, 0.3) is 0 Å². The van der Waals surface area contributed by atoms with Crippen LogP contribution < -0.4 is 5.73 Å². The summed E-state index contributed by atoms with van der Waals surface area (Å²) in [6, 6.07) is 10.3. The highest BCUT2D eigenvalue weighted by molar-refractivity contribution is 5.93. The lowest BCUT2D eigenvalue weighted by Gasteiger charge is -2.17. The van der Waals surface area contributed by atoms with E-state index >= 15 is 0 Å². The van der Waals surface area contributed by atoms with Crippen molar-refractivity contribution in [3.63, 3.8) is 0 Å². The Bertz CT molecular complexity index is 612. The molecule has 0 atom stereocenters. The predicted octanol–water partition coefficient (Wildman–Crippen LogP) is 2.14. The van der Waals surface area contributed by atoms with Gasteiger partial charge in [-0.1, -0.05) is 12.1 Å². The number of pyridine rings is 1. The van der Waals surface area contributed by atoms with E-state index in [1.54, 1.807) is 18.3 Å². The van der Waals surface area contributed by atoms with Crippen LogP contribution in [0.4, 0.5) is 4.39 Å². The van der Waals surface area contributed by atoms with Crippen LogP contribution in [0.3, 0.4) is 0 Å². The lowest BCUT2D eigenvalue weighted by Crippen LogP contribution is -2.18. The molecule has 0 spiro atoms. The van der Waals surface area contributed by atoms with Gasteiger partial charge >= 0.3 is 0 Å². The number of nitrogens with zero attached hydrogens (tertiary/aromatic N) is 2. The first-order valence-electron chi connectivity index (χ1n) is 6.27. The second kappa shape index (κ2) is 6.25. The van der Waals surface area contributed by atoms with Crippen molar-refractivity contribution in [3.05, 3.63) is 65.2 Å². The van der Waals surface area contributed by atoms with Gasteiger partial charge in [0.05, 0.1) is 0 Å². The summed E-state index contributed by atoms with van der Waals surface area (Å²) in [4.78, 5) is 6.09. The Kier molecular flexibility index (Phi) is 4.42. The van der Waals surface area contributed by atoms with E-state index in [0.29, 0.717) is 18.8 Å². The maximum absolute atomic E-state index is 13.1. The number of amidine groups is 1. The third-order valence-electron chi connectivity index (χ3n) is 2.89. The molecule has 0 fully saturated rings. The van der Waals surface area contributed by atoms with Gasteiger partial charge in [0.1, 0.15) is 17.3 Å². The molecule has 1 aromatic carbocycles. The van der Waals surface area contributed by atoms with Crippen LogP contribution in [0.5, 0.6) is 0 Å². The van der Waals surface area contributed by atoms with E-state index in [2.05, 4.69) is 9.88 Å². The lowest BCUT2D eigenvalue weighted by atomic mass is 10.1. The fraction of sp³-hybridized carbons (Fsp3) is 0.200. The second-order valence-corrected chi connectivity index (χ2v) is 4.77. The van der Waals surface area contributed by atoms with Crippen LogP contribution in [0.2, 0.25) is 0 Å². The monoisotopic (exact) mass is 272 g/mol. The van der Waals surface area contributed by atoms with Crippen LogP contribution >= 0.6 is 0 Å². The molecule has 0 unspecified atom stereocenters. The number of nitrogens with one attached hydrogen (secondary N) is 1. The third-order valence-corrected chi connectivity index (χ3v) is 2.89. The summed E-state index contributed by atoms with van der Waals surface area (Å²) in [5.74, 6) is -0.265. The Balaban J connectivity index is 2.02. The number of rotatable bonds is 5. The van der Waals surface area contributed by atoms with E-state index in [1.807, 2.05) is 19.2 Å². The van der Waals surface area contributed by atoms with Crippen molar-refractivity contribution in [1.29, 1.82) is 5.41 Å². The third kappa shape index (κ3) is 3.86. The van der Waals surface area contributed by atoms with E-state index < -0.39 is 0 Å². The van der Waals surface area contributed by atoms with Gasteiger partial charge < -0.3 is 5.73 Å². The Labute approximate surface area is 117 Å². The van der Waals surface area contributed by atoms with Crippen molar-refractivity contribution in [2.24, 2.45) is 5.73 Å². The topological polar surface area (TPSA) is 66.0 Å². The van der Waals surface area contributed by atoms with E-state index in [0.717, 1.165) is 11.1 Å². The lowest BCUT2D eigenvalue weighted by molar-refractivity contribution is 0.318. The van der Waals surface area contributed by atoms with Gasteiger partial charge in [-0.25, -0.2) is 4.39 Å². The molecule has 1 heterocycles. The molecule has 1 aromatic heterocycles. The van der Waals surface area contributed by atoms with E-state index in [9.17, 15) is 4.39 Å². The number of hydrogen-bond acceptors (Lipinski definition) is 3. The van der Waals surface area contributed by atoms with Crippen molar-refractivity contribution < 1.29 is 4.39 Å². The van der Waals surface area contributed by atoms with Gasteiger partial charge in [0.2, 0.25) is 0 Å². The first-order valence-corrected chi connectivity index (χ1v) is 6.27. The first-order chi connectivity index (χ1) is 9.54. The standard InChI is InChI=1S/C15H17FN4/c1-20(9-11-3-2-4-13(16)7-11)10-12-5-6-19-14(8-12)15(17)18/h2-8H,9-10H2,1H3,(H3,17,18). The number of nitrogen functional groups attached to an aromatic ring is 1. The highest BCUT2D eigenvalue weighted by Gasteiger charge is 2.05. The number of halogens is 1. The van der Waals surface area contributed by atoms with Crippen molar-refractivity contribution in [1.82, 2.24) is 9.88 Å². The van der Waals surface area contributed by atoms with Gasteiger partial charge in [0.15, 0.2) is 0 Å². The molecule has 104 valence electrons. The van der Waals surface area contributed by atoms with E-state index in [-0.39, 0.29) is 11.7 Å². The molecule has 2 rings (SSSR count). The summed E-state index contributed by atoms with van der Waals surface area (Å²) in [5, 5.41) is 7.38. The van der Waals surface area contributed by atoms with Crippen molar-refractivity contribution in [3.8, 4) is 0 Å². The van der Waals surface area contributed by atoms with Gasteiger partial charge in [0.25, 0.3) is 0 Å². The summed E-state index contributed by atoms with van der Waals surface area (Å²) in [7, 11) is 1.96. The summed E-state index contributed by atoms with van der Waals surface area (Å²) < 4.78 is 13.1. The molecule has 0 saturated heterocycles. The maximum Gasteiger partial charge on any atom is 0.141 e. The molecule has 0 radical (unpaired) electrons. The summed E-state index contributed by atoms with van der Waals surface area (Å²) in [5.41, 5.74) is 7.84. The number of aromatic nitrogens is 1. The quantitative estimate of drug-likeness (QED) is 0.647. The van der Waals surface area contributed by atoms with Crippen LogP contribution in [-0.4, -0.2) is 22.8 Å². The van der Waals surface area contributed by atoms with Gasteiger partial charge in [-0.3, -0.25) is 15.3 Å². The van der Waals surface area contributed by atoms with Crippen molar-refractivity contribution in [2.75, 3.05) is 7.05 Å². The van der Waals surface area contributed by atoms with Crippen LogP contribution in [0, 0.1) is 11.2 Å². The second-order valence-electron chi connectivity index (χ2n) is 4.77. The fourth-order valence-corrected chi connectivity index (χ4v) is 2.03. The largest absolute Gasteiger partial charge is 0.382 e. The molecular weight excluding hydrogens is 255 g/mol. The number of nitrogens with two attached hydrogens (primary N) is 1. The minimum atomic E-state index is -0.223. The zero-order valence-electron chi connectivity index (χ0n) is 11.3. The molecule has 0 amide bonds. The molecular formula is C15H17FN4. The molecule has 0 aliphatic rings. The van der Waals surface area contributed by atoms with Gasteiger partial charge in [-0.05, 0) is 42.4 Å². The number of hydrogen-bond donors (Lipinski definition) is 2. The molecule has 2 aromatic rings. The van der Waals surface area contributed by atoms with E-state index in [1.165, 1.54) is 12.1 Å². The van der Waals surface area contributed by atoms with Crippen LogP contribution in [-0.2, 0) is 13.1 Å². The number of benzene rings is 1. The predicted molar refractivity (Wildman–Crippen MR) is 76.8 cm³/mol. The molecule has 5 heteroatoms. The van der Waals surface area contributed by atoms with Crippen LogP contribution in [0.15, 0.2) is 42.6 Å². The molecule has 0 saturated carbocycles. The summed E-state index contributed by atoms with van der Waals surface area (Å²) in [6.07, 6.45) is 1.64. The van der Waals surface area contributed by atoms with Gasteiger partial charge in [-0.2, -0.15) is 0 Å². The molecule has 0 aliphatic carbocycles. The molecule has 0 bridgehead atoms. The van der Waals surface area contributed by atoms with Gasteiger partial charge in [-0.15, -0.1) is 0 Å². The summed E-state index contributed by atoms with van der Waals surface area (Å²) in [6.45, 7) is 1.33. The summed E-state index contributed by atoms with van der Waals surface area (Å²) >= 11 is 0. The minimum Gasteiger partial charge on any atom is -0.382 e. The zero-order chi connectivity index (χ0) is 14.5. The Morgan fingerprint density at radius 1 is 1.25 bits per heavy atom. The molecule has 4 nitrogen and oxygen atoms in total.